The van der Waals surface area contributed by atoms with Crippen molar-refractivity contribution >= 4 is 18.2 Å². The third-order valence-electron chi connectivity index (χ3n) is 2.75. The van der Waals surface area contributed by atoms with E-state index in [0.717, 1.165) is 5.56 Å². The fraction of sp³-hybridized carbons (Fsp3) is 0.357. The summed E-state index contributed by atoms with van der Waals surface area (Å²) in [5, 5.41) is 21.8. The first-order chi connectivity index (χ1) is 10.5. The van der Waals surface area contributed by atoms with E-state index in [0.29, 0.717) is 0 Å². The molecule has 4 N–H and O–H groups in total. The number of hydrogen-bond donors (Lipinski definition) is 4. The number of carboxylic acid groups (broad SMARTS) is 2. The van der Waals surface area contributed by atoms with Crippen LogP contribution in [0.25, 0.3) is 0 Å². The second-order valence-corrected chi connectivity index (χ2v) is 4.47. The van der Waals surface area contributed by atoms with Crippen LogP contribution in [-0.2, 0) is 16.1 Å². The molecule has 1 aromatic rings. The lowest BCUT2D eigenvalue weighted by Gasteiger charge is -2.14. The molecule has 1 atom stereocenters. The van der Waals surface area contributed by atoms with Gasteiger partial charge in [0, 0.05) is 6.54 Å². The maximum Gasteiger partial charge on any atom is 0.408 e. The first kappa shape index (κ1) is 17.3. The van der Waals surface area contributed by atoms with Gasteiger partial charge in [0.2, 0.25) is 0 Å². The van der Waals surface area contributed by atoms with Gasteiger partial charge in [-0.1, -0.05) is 30.3 Å². The molecule has 22 heavy (non-hydrogen) atoms. The second-order valence-electron chi connectivity index (χ2n) is 4.47. The minimum absolute atomic E-state index is 0.0413. The Morgan fingerprint density at radius 1 is 1.14 bits per heavy atom. The van der Waals surface area contributed by atoms with Gasteiger partial charge < -0.3 is 25.6 Å². The molecule has 0 bridgehead atoms. The molecule has 0 heterocycles. The molecule has 0 spiro atoms. The average molecular weight is 310 g/mol. The second kappa shape index (κ2) is 9.22. The number of hydrogen-bond acceptors (Lipinski definition) is 4. The molecule has 0 saturated carbocycles. The molecule has 120 valence electrons. The van der Waals surface area contributed by atoms with E-state index < -0.39 is 24.2 Å². The summed E-state index contributed by atoms with van der Waals surface area (Å²) in [5.74, 6) is -1.20. The summed E-state index contributed by atoms with van der Waals surface area (Å²) in [4.78, 5) is 32.9. The molecular formula is C14H18N2O6. The van der Waals surface area contributed by atoms with Gasteiger partial charge >= 0.3 is 18.2 Å². The first-order valence-electron chi connectivity index (χ1n) is 6.66. The number of aliphatic carboxylic acids is 1. The standard InChI is InChI=1S/C14H18N2O6/c17-12(18)11(7-4-8-15-13(19)20)16-14(21)22-9-10-5-2-1-3-6-10/h1-3,5-6,11,15H,4,7-9H2,(H,16,21)(H,17,18)(H,19,20)/t11-/m0/s1. The van der Waals surface area contributed by atoms with Crippen LogP contribution in [0, 0.1) is 0 Å². The number of carbonyl (C=O) groups is 3. The number of carboxylic acids is 1. The van der Waals surface area contributed by atoms with Crippen molar-refractivity contribution in [1.82, 2.24) is 10.6 Å². The number of amides is 2. The zero-order valence-electron chi connectivity index (χ0n) is 11.8. The van der Waals surface area contributed by atoms with Crippen molar-refractivity contribution in [3.8, 4) is 0 Å². The van der Waals surface area contributed by atoms with Gasteiger partial charge in [-0.15, -0.1) is 0 Å². The van der Waals surface area contributed by atoms with E-state index in [-0.39, 0.29) is 26.0 Å². The van der Waals surface area contributed by atoms with E-state index in [2.05, 4.69) is 10.6 Å². The Hall–Kier alpha value is -2.77. The van der Waals surface area contributed by atoms with E-state index in [4.69, 9.17) is 14.9 Å². The summed E-state index contributed by atoms with van der Waals surface area (Å²) in [6.45, 7) is 0.152. The molecule has 0 fully saturated rings. The highest BCUT2D eigenvalue weighted by atomic mass is 16.5. The number of ether oxygens (including phenoxy) is 1. The molecule has 0 radical (unpaired) electrons. The quantitative estimate of drug-likeness (QED) is 0.538. The summed E-state index contributed by atoms with van der Waals surface area (Å²) in [5.41, 5.74) is 0.787. The molecule has 0 unspecified atom stereocenters. The van der Waals surface area contributed by atoms with Gasteiger partial charge in [-0.2, -0.15) is 0 Å². The average Bonchev–Trinajstić information content (AvgIpc) is 2.48. The van der Waals surface area contributed by atoms with Crippen molar-refractivity contribution in [3.63, 3.8) is 0 Å². The van der Waals surface area contributed by atoms with Crippen LogP contribution in [0.1, 0.15) is 18.4 Å². The molecule has 8 heteroatoms. The topological polar surface area (TPSA) is 125 Å². The van der Waals surface area contributed by atoms with Crippen LogP contribution in [0.2, 0.25) is 0 Å². The van der Waals surface area contributed by atoms with Crippen molar-refractivity contribution < 1.29 is 29.3 Å². The molecule has 1 rings (SSSR count). The van der Waals surface area contributed by atoms with E-state index in [9.17, 15) is 14.4 Å². The molecule has 0 aliphatic rings. The molecule has 8 nitrogen and oxygen atoms in total. The SMILES string of the molecule is O=C(O)NCCC[C@H](NC(=O)OCc1ccccc1)C(=O)O. The molecule has 0 aromatic heterocycles. The van der Waals surface area contributed by atoms with Gasteiger partial charge in [0.1, 0.15) is 12.6 Å². The fourth-order valence-corrected chi connectivity index (χ4v) is 1.67. The largest absolute Gasteiger partial charge is 0.480 e. The van der Waals surface area contributed by atoms with Crippen molar-refractivity contribution in [3.05, 3.63) is 35.9 Å². The summed E-state index contributed by atoms with van der Waals surface area (Å²) in [7, 11) is 0. The van der Waals surface area contributed by atoms with Crippen molar-refractivity contribution in [2.45, 2.75) is 25.5 Å². The molecular weight excluding hydrogens is 292 g/mol. The zero-order chi connectivity index (χ0) is 16.4. The number of carbonyl (C=O) groups excluding carboxylic acids is 1. The van der Waals surface area contributed by atoms with Gasteiger partial charge in [0.15, 0.2) is 0 Å². The lowest BCUT2D eigenvalue weighted by Crippen LogP contribution is -2.41. The monoisotopic (exact) mass is 310 g/mol. The van der Waals surface area contributed by atoms with Crippen molar-refractivity contribution in [2.75, 3.05) is 6.54 Å². The maximum atomic E-state index is 11.6. The van der Waals surface area contributed by atoms with E-state index >= 15 is 0 Å². The molecule has 2 amide bonds. The van der Waals surface area contributed by atoms with E-state index in [1.165, 1.54) is 0 Å². The molecule has 0 aliphatic carbocycles. The number of alkyl carbamates (subject to hydrolysis) is 1. The Labute approximate surface area is 127 Å². The van der Waals surface area contributed by atoms with Gasteiger partial charge in [0.05, 0.1) is 0 Å². The van der Waals surface area contributed by atoms with Crippen LogP contribution in [0.4, 0.5) is 9.59 Å². The Balaban J connectivity index is 2.34. The predicted molar refractivity (Wildman–Crippen MR) is 76.4 cm³/mol. The van der Waals surface area contributed by atoms with Gasteiger partial charge in [-0.25, -0.2) is 14.4 Å². The summed E-state index contributed by atoms with van der Waals surface area (Å²) in [6.07, 6.45) is -1.64. The maximum absolute atomic E-state index is 11.6. The van der Waals surface area contributed by atoms with Crippen LogP contribution in [-0.4, -0.2) is 41.0 Å². The minimum Gasteiger partial charge on any atom is -0.480 e. The van der Waals surface area contributed by atoms with Crippen molar-refractivity contribution in [1.29, 1.82) is 0 Å². The Morgan fingerprint density at radius 2 is 1.82 bits per heavy atom. The number of nitrogens with one attached hydrogen (secondary N) is 2. The minimum atomic E-state index is -1.20. The summed E-state index contributed by atoms with van der Waals surface area (Å²) in [6, 6.07) is 7.85. The highest BCUT2D eigenvalue weighted by Crippen LogP contribution is 2.02. The number of benzene rings is 1. The van der Waals surface area contributed by atoms with E-state index in [1.807, 2.05) is 6.07 Å². The van der Waals surface area contributed by atoms with Crippen LogP contribution in [0.15, 0.2) is 30.3 Å². The smallest absolute Gasteiger partial charge is 0.408 e. The molecule has 1 aromatic carbocycles. The highest BCUT2D eigenvalue weighted by molar-refractivity contribution is 5.79. The fourth-order valence-electron chi connectivity index (χ4n) is 1.67. The van der Waals surface area contributed by atoms with Crippen LogP contribution in [0.5, 0.6) is 0 Å². The first-order valence-corrected chi connectivity index (χ1v) is 6.66. The lowest BCUT2D eigenvalue weighted by atomic mass is 10.1. The summed E-state index contributed by atoms with van der Waals surface area (Å²) >= 11 is 0. The third kappa shape index (κ3) is 7.13. The van der Waals surface area contributed by atoms with E-state index in [1.54, 1.807) is 24.3 Å². The lowest BCUT2D eigenvalue weighted by molar-refractivity contribution is -0.139. The zero-order valence-corrected chi connectivity index (χ0v) is 11.8. The van der Waals surface area contributed by atoms with Crippen molar-refractivity contribution in [2.24, 2.45) is 0 Å². The predicted octanol–water partition coefficient (Wildman–Crippen LogP) is 1.41. The molecule has 0 saturated heterocycles. The third-order valence-corrected chi connectivity index (χ3v) is 2.75. The Kier molecular flexibility index (Phi) is 7.24. The van der Waals surface area contributed by atoms with Gasteiger partial charge in [-0.3, -0.25) is 0 Å². The Morgan fingerprint density at radius 3 is 2.41 bits per heavy atom. The Bertz CT molecular complexity index is 505. The van der Waals surface area contributed by atoms with Crippen LogP contribution < -0.4 is 10.6 Å². The van der Waals surface area contributed by atoms with Crippen LogP contribution >= 0.6 is 0 Å². The van der Waals surface area contributed by atoms with Crippen LogP contribution in [0.3, 0.4) is 0 Å². The van der Waals surface area contributed by atoms with Gasteiger partial charge in [-0.05, 0) is 18.4 Å². The van der Waals surface area contributed by atoms with Gasteiger partial charge in [0.25, 0.3) is 0 Å². The molecule has 0 aliphatic heterocycles. The summed E-state index contributed by atoms with van der Waals surface area (Å²) < 4.78 is 4.93. The highest BCUT2D eigenvalue weighted by Gasteiger charge is 2.20. The number of rotatable bonds is 8. The normalized spacial score (nSPS) is 11.3.